The van der Waals surface area contributed by atoms with Crippen LogP contribution in [0.5, 0.6) is 0 Å². The van der Waals surface area contributed by atoms with Gasteiger partial charge in [-0.15, -0.1) is 18.2 Å². The fraction of sp³-hybridized carbons (Fsp3) is 0.407. The number of likely N-dealkylation sites (tertiary alicyclic amines) is 1. The predicted octanol–water partition coefficient (Wildman–Crippen LogP) is 3.76. The molecule has 1 fully saturated rings. The van der Waals surface area contributed by atoms with Gasteiger partial charge in [-0.05, 0) is 49.9 Å². The third-order valence-electron chi connectivity index (χ3n) is 7.07. The quantitative estimate of drug-likeness (QED) is 0.245. The van der Waals surface area contributed by atoms with Crippen molar-refractivity contribution >= 4 is 34.5 Å². The molecule has 3 aromatic heterocycles. The number of nitrogen functional groups attached to an aromatic ring is 1. The number of hydrogen-bond acceptors (Lipinski definition) is 8. The number of amides is 1. The molecule has 2 atom stereocenters. The molecule has 2 unspecified atom stereocenters. The van der Waals surface area contributed by atoms with Crippen LogP contribution in [0.1, 0.15) is 44.5 Å². The maximum Gasteiger partial charge on any atom is 0.335 e. The molecule has 4 heterocycles. The summed E-state index contributed by atoms with van der Waals surface area (Å²) in [5, 5.41) is 4.05. The van der Waals surface area contributed by atoms with Gasteiger partial charge in [-0.3, -0.25) is 13.9 Å². The molecule has 1 amide bonds. The Morgan fingerprint density at radius 3 is 2.85 bits per heavy atom. The fourth-order valence-corrected chi connectivity index (χ4v) is 5.25. The van der Waals surface area contributed by atoms with Crippen molar-refractivity contribution in [3.05, 3.63) is 59.6 Å². The first-order valence-electron chi connectivity index (χ1n) is 13.0. The zero-order chi connectivity index (χ0) is 27.5. The fourth-order valence-electron chi connectivity index (χ4n) is 5.12. The van der Waals surface area contributed by atoms with Crippen LogP contribution in [-0.4, -0.2) is 59.0 Å². The summed E-state index contributed by atoms with van der Waals surface area (Å²) in [6.45, 7) is 6.73. The first-order valence-corrected chi connectivity index (χ1v) is 13.6. The highest BCUT2D eigenvalue weighted by Crippen LogP contribution is 2.29. The zero-order valence-electron chi connectivity index (χ0n) is 21.8. The number of rotatable bonds is 9. The summed E-state index contributed by atoms with van der Waals surface area (Å²) in [5.74, 6) is 1.61. The van der Waals surface area contributed by atoms with Crippen LogP contribution in [0.15, 0.2) is 52.6 Å². The maximum absolute atomic E-state index is 13.9. The Bertz CT molecular complexity index is 1540. The van der Waals surface area contributed by atoms with Gasteiger partial charge in [0, 0.05) is 36.9 Å². The van der Waals surface area contributed by atoms with Gasteiger partial charge in [-0.25, -0.2) is 14.8 Å². The molecule has 1 aliphatic rings. The Hall–Kier alpha value is -3.99. The van der Waals surface area contributed by atoms with Gasteiger partial charge >= 0.3 is 5.69 Å². The molecule has 39 heavy (non-hydrogen) atoms. The van der Waals surface area contributed by atoms with Crippen LogP contribution in [0.25, 0.3) is 28.2 Å². The number of halogens is 1. The van der Waals surface area contributed by atoms with E-state index in [1.165, 1.54) is 10.9 Å². The number of alkyl halides is 1. The molecule has 2 N–H and O–H groups in total. The van der Waals surface area contributed by atoms with Crippen molar-refractivity contribution in [1.82, 2.24) is 34.1 Å². The zero-order valence-corrected chi connectivity index (χ0v) is 22.5. The Labute approximate surface area is 230 Å². The van der Waals surface area contributed by atoms with Gasteiger partial charge in [-0.1, -0.05) is 18.2 Å². The Morgan fingerprint density at radius 2 is 2.10 bits per heavy atom. The molecule has 1 aliphatic heterocycles. The molecule has 1 saturated heterocycles. The van der Waals surface area contributed by atoms with Crippen LogP contribution in [0.4, 0.5) is 5.82 Å². The minimum absolute atomic E-state index is 0.0633. The average molecular weight is 551 g/mol. The lowest BCUT2D eigenvalue weighted by Gasteiger charge is -2.34. The largest absolute Gasteiger partial charge is 0.382 e. The highest BCUT2D eigenvalue weighted by atomic mass is 35.5. The molecule has 11 nitrogen and oxygen atoms in total. The number of fused-ring (bicyclic) bond motifs is 1. The predicted molar refractivity (Wildman–Crippen MR) is 149 cm³/mol. The lowest BCUT2D eigenvalue weighted by Crippen LogP contribution is -2.44. The smallest absolute Gasteiger partial charge is 0.335 e. The normalized spacial score (nSPS) is 16.5. The third kappa shape index (κ3) is 5.18. The van der Waals surface area contributed by atoms with Gasteiger partial charge in [0.15, 0.2) is 11.5 Å². The second-order valence-electron chi connectivity index (χ2n) is 9.78. The van der Waals surface area contributed by atoms with Crippen molar-refractivity contribution < 1.29 is 9.32 Å². The Morgan fingerprint density at radius 1 is 1.31 bits per heavy atom. The van der Waals surface area contributed by atoms with E-state index in [0.717, 1.165) is 24.8 Å². The van der Waals surface area contributed by atoms with Crippen molar-refractivity contribution in [2.45, 2.75) is 45.1 Å². The van der Waals surface area contributed by atoms with Crippen LogP contribution in [-0.2, 0) is 11.2 Å². The van der Waals surface area contributed by atoms with Crippen molar-refractivity contribution in [2.75, 3.05) is 24.7 Å². The number of aromatic nitrogens is 6. The van der Waals surface area contributed by atoms with E-state index < -0.39 is 0 Å². The van der Waals surface area contributed by atoms with E-state index in [2.05, 4.69) is 26.7 Å². The van der Waals surface area contributed by atoms with Crippen molar-refractivity contribution in [1.29, 1.82) is 0 Å². The number of carbonyl (C=O) groups is 1. The summed E-state index contributed by atoms with van der Waals surface area (Å²) in [6.07, 6.45) is 6.61. The highest BCUT2D eigenvalue weighted by Gasteiger charge is 2.31. The van der Waals surface area contributed by atoms with Crippen LogP contribution in [0, 0.1) is 5.92 Å². The number of nitrogens with two attached hydrogens (primary N) is 1. The molecule has 0 spiro atoms. The summed E-state index contributed by atoms with van der Waals surface area (Å²) in [7, 11) is 0. The van der Waals surface area contributed by atoms with Crippen molar-refractivity contribution in [2.24, 2.45) is 5.92 Å². The maximum atomic E-state index is 13.9. The van der Waals surface area contributed by atoms with Crippen LogP contribution < -0.4 is 11.4 Å². The highest BCUT2D eigenvalue weighted by molar-refractivity contribution is 6.17. The Kier molecular flexibility index (Phi) is 7.78. The van der Waals surface area contributed by atoms with E-state index in [1.54, 1.807) is 22.8 Å². The Balaban J connectivity index is 1.50. The number of imidazole rings is 1. The van der Waals surface area contributed by atoms with E-state index in [0.29, 0.717) is 60.4 Å². The standard InChI is InChI=1S/C27H31ClN8O3/c1-3-6-17(2)26(37)34-14-5-7-20(15-34)36-25-22(23(29)30-16-31-25)35(27(36)38)19-11-9-18(10-12-19)24-32-21(39-33-24)8-4-13-28/h3,9-12,16-17,20H,1,4-8,13-15H2,2H3,(H2,29,30,31). The van der Waals surface area contributed by atoms with Crippen molar-refractivity contribution in [3.8, 4) is 17.1 Å². The number of piperidine rings is 1. The minimum Gasteiger partial charge on any atom is -0.382 e. The molecule has 0 radical (unpaired) electrons. The number of aryl methyl sites for hydroxylation is 1. The summed E-state index contributed by atoms with van der Waals surface area (Å²) in [4.78, 5) is 41.8. The molecule has 0 saturated carbocycles. The van der Waals surface area contributed by atoms with Crippen LogP contribution in [0.3, 0.4) is 0 Å². The molecule has 12 heteroatoms. The number of hydrogen-bond donors (Lipinski definition) is 1. The van der Waals surface area contributed by atoms with Gasteiger partial charge < -0.3 is 15.2 Å². The van der Waals surface area contributed by atoms with E-state index in [9.17, 15) is 9.59 Å². The number of anilines is 1. The van der Waals surface area contributed by atoms with Gasteiger partial charge in [0.05, 0.1) is 11.7 Å². The van der Waals surface area contributed by atoms with E-state index >= 15 is 0 Å². The average Bonchev–Trinajstić information content (AvgIpc) is 3.54. The van der Waals surface area contributed by atoms with E-state index in [4.69, 9.17) is 21.9 Å². The number of allylic oxidation sites excluding steroid dienone is 1. The van der Waals surface area contributed by atoms with Gasteiger partial charge in [-0.2, -0.15) is 4.98 Å². The summed E-state index contributed by atoms with van der Waals surface area (Å²) in [5.41, 5.74) is 8.21. The van der Waals surface area contributed by atoms with Crippen LogP contribution >= 0.6 is 11.6 Å². The third-order valence-corrected chi connectivity index (χ3v) is 7.34. The summed E-state index contributed by atoms with van der Waals surface area (Å²) in [6, 6.07) is 7.01. The van der Waals surface area contributed by atoms with E-state index in [-0.39, 0.29) is 29.4 Å². The second kappa shape index (κ2) is 11.4. The van der Waals surface area contributed by atoms with Gasteiger partial charge in [0.25, 0.3) is 0 Å². The summed E-state index contributed by atoms with van der Waals surface area (Å²) >= 11 is 5.75. The monoisotopic (exact) mass is 550 g/mol. The summed E-state index contributed by atoms with van der Waals surface area (Å²) < 4.78 is 8.49. The molecular formula is C27H31ClN8O3. The number of benzene rings is 1. The SMILES string of the molecule is C=CCC(C)C(=O)N1CCCC(n2c(=O)n(-c3ccc(-c4noc(CCCCl)n4)cc3)c3c(N)ncnc32)C1. The molecule has 0 aliphatic carbocycles. The lowest BCUT2D eigenvalue weighted by molar-refractivity contribution is -0.136. The number of carbonyl (C=O) groups excluding carboxylic acids is 1. The minimum atomic E-state index is -0.286. The lowest BCUT2D eigenvalue weighted by atomic mass is 10.0. The first-order chi connectivity index (χ1) is 18.9. The van der Waals surface area contributed by atoms with Crippen LogP contribution in [0.2, 0.25) is 0 Å². The molecule has 1 aromatic carbocycles. The molecular weight excluding hydrogens is 520 g/mol. The van der Waals surface area contributed by atoms with Gasteiger partial charge in [0.2, 0.25) is 17.6 Å². The van der Waals surface area contributed by atoms with Crippen molar-refractivity contribution in [3.63, 3.8) is 0 Å². The second-order valence-corrected chi connectivity index (χ2v) is 10.2. The first kappa shape index (κ1) is 26.6. The molecule has 0 bridgehead atoms. The van der Waals surface area contributed by atoms with E-state index in [1.807, 2.05) is 24.0 Å². The molecule has 4 aromatic rings. The molecule has 5 rings (SSSR count). The number of nitrogens with zero attached hydrogens (tertiary/aromatic N) is 7. The van der Waals surface area contributed by atoms with Gasteiger partial charge in [0.1, 0.15) is 11.8 Å². The molecule has 204 valence electrons. The topological polar surface area (TPSA) is 138 Å².